The fourth-order valence-corrected chi connectivity index (χ4v) is 2.51. The molecule has 0 spiro atoms. The lowest BCUT2D eigenvalue weighted by atomic mass is 10.2. The minimum atomic E-state index is 0.549. The molecule has 0 unspecified atom stereocenters. The molecular weight excluding hydrogens is 270 g/mol. The first-order valence-corrected chi connectivity index (χ1v) is 7.69. The number of rotatable bonds is 8. The van der Waals surface area contributed by atoms with E-state index in [1.54, 1.807) is 11.3 Å². The molecule has 1 aromatic heterocycles. The van der Waals surface area contributed by atoms with Gasteiger partial charge < -0.3 is 15.4 Å². The minimum absolute atomic E-state index is 0.549. The Labute approximate surface area is 124 Å². The Bertz CT molecular complexity index is 502. The van der Waals surface area contributed by atoms with Crippen molar-refractivity contribution in [2.24, 2.45) is 5.73 Å². The van der Waals surface area contributed by atoms with Gasteiger partial charge in [0.25, 0.3) is 0 Å². The second-order valence-electron chi connectivity index (χ2n) is 4.77. The van der Waals surface area contributed by atoms with E-state index in [0.29, 0.717) is 6.54 Å². The van der Waals surface area contributed by atoms with Gasteiger partial charge in [-0.2, -0.15) is 0 Å². The summed E-state index contributed by atoms with van der Waals surface area (Å²) in [6, 6.07) is 7.96. The first-order valence-electron chi connectivity index (χ1n) is 6.75. The van der Waals surface area contributed by atoms with Gasteiger partial charge in [-0.05, 0) is 31.2 Å². The van der Waals surface area contributed by atoms with Gasteiger partial charge in [0.1, 0.15) is 5.75 Å². The van der Waals surface area contributed by atoms with E-state index >= 15 is 0 Å². The fraction of sp³-hybridized carbons (Fsp3) is 0.400. The van der Waals surface area contributed by atoms with E-state index < -0.39 is 0 Å². The van der Waals surface area contributed by atoms with Crippen molar-refractivity contribution in [1.29, 1.82) is 0 Å². The van der Waals surface area contributed by atoms with E-state index in [1.165, 1.54) is 0 Å². The van der Waals surface area contributed by atoms with E-state index in [0.717, 1.165) is 43.1 Å². The van der Waals surface area contributed by atoms with Crippen LogP contribution in [0.3, 0.4) is 0 Å². The molecule has 0 saturated carbocycles. The zero-order valence-electron chi connectivity index (χ0n) is 11.8. The third kappa shape index (κ3) is 4.92. The van der Waals surface area contributed by atoms with E-state index in [4.69, 9.17) is 10.5 Å². The molecule has 0 bridgehead atoms. The molecule has 1 aromatic carbocycles. The molecule has 0 aliphatic heterocycles. The lowest BCUT2D eigenvalue weighted by Gasteiger charge is -2.15. The summed E-state index contributed by atoms with van der Waals surface area (Å²) >= 11 is 1.64. The van der Waals surface area contributed by atoms with Gasteiger partial charge in [-0.25, -0.2) is 4.98 Å². The second kappa shape index (κ2) is 7.99. The molecule has 0 aliphatic carbocycles. The van der Waals surface area contributed by atoms with Crippen LogP contribution in [0.4, 0.5) is 0 Å². The van der Waals surface area contributed by atoms with Gasteiger partial charge in [-0.1, -0.05) is 12.1 Å². The predicted octanol–water partition coefficient (Wildman–Crippen LogP) is 2.50. The van der Waals surface area contributed by atoms with Crippen LogP contribution < -0.4 is 10.5 Å². The second-order valence-corrected chi connectivity index (χ2v) is 5.49. The van der Waals surface area contributed by atoms with Crippen LogP contribution in [-0.2, 0) is 13.1 Å². The number of aromatic nitrogens is 1. The number of hydrogen-bond acceptors (Lipinski definition) is 5. The maximum atomic E-state index is 5.74. The number of hydrogen-bond donors (Lipinski definition) is 1. The fourth-order valence-electron chi connectivity index (χ4n) is 1.96. The van der Waals surface area contributed by atoms with Gasteiger partial charge in [0.15, 0.2) is 0 Å². The summed E-state index contributed by atoms with van der Waals surface area (Å²) in [4.78, 5) is 6.54. The van der Waals surface area contributed by atoms with Crippen molar-refractivity contribution in [3.05, 3.63) is 46.4 Å². The average molecular weight is 291 g/mol. The third-order valence-electron chi connectivity index (χ3n) is 3.00. The Morgan fingerprint density at radius 2 is 2.30 bits per heavy atom. The first-order chi connectivity index (χ1) is 9.78. The molecule has 20 heavy (non-hydrogen) atoms. The van der Waals surface area contributed by atoms with E-state index in [-0.39, 0.29) is 0 Å². The molecule has 2 rings (SSSR count). The molecule has 2 aromatic rings. The van der Waals surface area contributed by atoms with Crippen LogP contribution in [0.15, 0.2) is 35.2 Å². The zero-order valence-corrected chi connectivity index (χ0v) is 12.6. The highest BCUT2D eigenvalue weighted by Crippen LogP contribution is 2.13. The van der Waals surface area contributed by atoms with Crippen molar-refractivity contribution in [2.75, 3.05) is 20.2 Å². The van der Waals surface area contributed by atoms with E-state index in [2.05, 4.69) is 22.3 Å². The third-order valence-corrected chi connectivity index (χ3v) is 3.64. The minimum Gasteiger partial charge on any atom is -0.494 e. The molecule has 0 atom stereocenters. The van der Waals surface area contributed by atoms with Crippen molar-refractivity contribution < 1.29 is 4.74 Å². The summed E-state index contributed by atoms with van der Waals surface area (Å²) in [7, 11) is 2.11. The first kappa shape index (κ1) is 15.0. The molecular formula is C15H21N3OS. The van der Waals surface area contributed by atoms with E-state index in [9.17, 15) is 0 Å². The molecule has 0 aliphatic rings. The average Bonchev–Trinajstić information content (AvgIpc) is 2.97. The summed E-state index contributed by atoms with van der Waals surface area (Å²) in [6.45, 7) is 3.16. The zero-order chi connectivity index (χ0) is 14.2. The monoisotopic (exact) mass is 291 g/mol. The van der Waals surface area contributed by atoms with Crippen molar-refractivity contribution in [2.45, 2.75) is 19.5 Å². The Hall–Kier alpha value is -1.43. The van der Waals surface area contributed by atoms with Crippen LogP contribution in [0.2, 0.25) is 0 Å². The highest BCUT2D eigenvalue weighted by molar-refractivity contribution is 7.07. The van der Waals surface area contributed by atoms with Crippen molar-refractivity contribution >= 4 is 11.3 Å². The largest absolute Gasteiger partial charge is 0.494 e. The summed E-state index contributed by atoms with van der Waals surface area (Å²) in [5, 5.41) is 2.09. The Kier molecular flexibility index (Phi) is 5.98. The normalized spacial score (nSPS) is 10.9. The number of benzene rings is 1. The Morgan fingerprint density at radius 3 is 3.05 bits per heavy atom. The summed E-state index contributed by atoms with van der Waals surface area (Å²) in [5.41, 5.74) is 9.72. The van der Waals surface area contributed by atoms with Crippen LogP contribution in [0.1, 0.15) is 17.7 Å². The smallest absolute Gasteiger partial charge is 0.119 e. The number of nitrogens with zero attached hydrogens (tertiary/aromatic N) is 2. The Balaban J connectivity index is 1.65. The summed E-state index contributed by atoms with van der Waals surface area (Å²) in [5.74, 6) is 0.898. The molecule has 0 saturated heterocycles. The van der Waals surface area contributed by atoms with Gasteiger partial charge in [0.2, 0.25) is 0 Å². The number of ether oxygens (including phenoxy) is 1. The van der Waals surface area contributed by atoms with Crippen molar-refractivity contribution in [1.82, 2.24) is 9.88 Å². The lowest BCUT2D eigenvalue weighted by Crippen LogP contribution is -2.20. The van der Waals surface area contributed by atoms with Crippen molar-refractivity contribution in [3.8, 4) is 5.75 Å². The van der Waals surface area contributed by atoms with Gasteiger partial charge in [0, 0.05) is 25.0 Å². The maximum absolute atomic E-state index is 5.74. The van der Waals surface area contributed by atoms with Crippen molar-refractivity contribution in [3.63, 3.8) is 0 Å². The molecule has 4 nitrogen and oxygen atoms in total. The topological polar surface area (TPSA) is 51.4 Å². The molecule has 1 heterocycles. The standard InChI is InChI=1S/C15H21N3OS/c1-18(10-14-11-20-12-17-14)6-3-7-19-15-5-2-4-13(8-15)9-16/h2,4-5,8,11-12H,3,6-7,9-10,16H2,1H3. The predicted molar refractivity (Wildman–Crippen MR) is 82.9 cm³/mol. The van der Waals surface area contributed by atoms with E-state index in [1.807, 2.05) is 29.8 Å². The maximum Gasteiger partial charge on any atom is 0.119 e. The SMILES string of the molecule is CN(CCCOc1cccc(CN)c1)Cc1cscn1. The van der Waals surface area contributed by atoms with Crippen LogP contribution in [-0.4, -0.2) is 30.1 Å². The van der Waals surface area contributed by atoms with Crippen LogP contribution in [0.25, 0.3) is 0 Å². The van der Waals surface area contributed by atoms with Crippen LogP contribution in [0.5, 0.6) is 5.75 Å². The van der Waals surface area contributed by atoms with Gasteiger partial charge >= 0.3 is 0 Å². The highest BCUT2D eigenvalue weighted by atomic mass is 32.1. The van der Waals surface area contributed by atoms with Gasteiger partial charge in [-0.15, -0.1) is 11.3 Å². The molecule has 5 heteroatoms. The van der Waals surface area contributed by atoms with Gasteiger partial charge in [-0.3, -0.25) is 0 Å². The molecule has 0 radical (unpaired) electrons. The molecule has 0 amide bonds. The lowest BCUT2D eigenvalue weighted by molar-refractivity contribution is 0.257. The summed E-state index contributed by atoms with van der Waals surface area (Å²) < 4.78 is 5.74. The number of nitrogens with two attached hydrogens (primary N) is 1. The quantitative estimate of drug-likeness (QED) is 0.759. The van der Waals surface area contributed by atoms with Crippen LogP contribution in [0, 0.1) is 0 Å². The van der Waals surface area contributed by atoms with Gasteiger partial charge in [0.05, 0.1) is 17.8 Å². The molecule has 0 fully saturated rings. The van der Waals surface area contributed by atoms with Crippen LogP contribution >= 0.6 is 11.3 Å². The summed E-state index contributed by atoms with van der Waals surface area (Å²) in [6.07, 6.45) is 0.994. The number of thiazole rings is 1. The highest BCUT2D eigenvalue weighted by Gasteiger charge is 2.02. The Morgan fingerprint density at radius 1 is 1.40 bits per heavy atom. The molecule has 108 valence electrons. The molecule has 2 N–H and O–H groups in total.